The number of para-hydroxylation sites is 2. The van der Waals surface area contributed by atoms with E-state index in [0.717, 1.165) is 24.6 Å². The van der Waals surface area contributed by atoms with Crippen molar-refractivity contribution in [1.29, 1.82) is 0 Å². The largest absolute Gasteiger partial charge is 0.486 e. The first-order valence-electron chi connectivity index (χ1n) is 9.48. The molecule has 2 aromatic rings. The molecule has 1 atom stereocenters. The Hall–Kier alpha value is -2.72. The van der Waals surface area contributed by atoms with Crippen LogP contribution >= 0.6 is 0 Å². The summed E-state index contributed by atoms with van der Waals surface area (Å²) in [5.74, 6) is 2.05. The number of fused-ring (bicyclic) bond motifs is 1. The highest BCUT2D eigenvalue weighted by molar-refractivity contribution is 5.75. The number of nitrogens with one attached hydrogen (secondary N) is 1. The van der Waals surface area contributed by atoms with Crippen molar-refractivity contribution in [2.24, 2.45) is 0 Å². The van der Waals surface area contributed by atoms with Gasteiger partial charge in [0.2, 0.25) is 5.91 Å². The number of rotatable bonds is 7. The van der Waals surface area contributed by atoms with Crippen LogP contribution in [0, 0.1) is 0 Å². The number of amides is 1. The number of morpholine rings is 1. The van der Waals surface area contributed by atoms with Crippen LogP contribution < -0.4 is 14.8 Å². The first-order chi connectivity index (χ1) is 13.8. The number of tetrazole rings is 1. The summed E-state index contributed by atoms with van der Waals surface area (Å²) in [4.78, 5) is 14.5. The Balaban J connectivity index is 1.21. The summed E-state index contributed by atoms with van der Waals surface area (Å²) in [7, 11) is 0. The molecule has 1 saturated heterocycles. The predicted octanol–water partition coefficient (Wildman–Crippen LogP) is -0.148. The molecule has 0 aliphatic carbocycles. The first kappa shape index (κ1) is 18.6. The molecule has 4 rings (SSSR count). The summed E-state index contributed by atoms with van der Waals surface area (Å²) >= 11 is 0. The SMILES string of the molecule is O=C(Cn1nnnc1CN1CCOCC1)NCC[C@H]1COc2ccccc2O1. The maximum Gasteiger partial charge on any atom is 0.241 e. The lowest BCUT2D eigenvalue weighted by Crippen LogP contribution is -2.37. The predicted molar refractivity (Wildman–Crippen MR) is 97.9 cm³/mol. The average Bonchev–Trinajstić information content (AvgIpc) is 3.15. The van der Waals surface area contributed by atoms with E-state index in [0.29, 0.717) is 45.2 Å². The maximum absolute atomic E-state index is 12.3. The van der Waals surface area contributed by atoms with E-state index in [9.17, 15) is 4.79 Å². The van der Waals surface area contributed by atoms with Gasteiger partial charge in [-0.25, -0.2) is 4.68 Å². The van der Waals surface area contributed by atoms with E-state index in [2.05, 4.69) is 25.7 Å². The van der Waals surface area contributed by atoms with Crippen LogP contribution in [0.3, 0.4) is 0 Å². The molecule has 1 fully saturated rings. The summed E-state index contributed by atoms with van der Waals surface area (Å²) in [6.45, 7) is 4.77. The van der Waals surface area contributed by atoms with Crippen molar-refractivity contribution in [1.82, 2.24) is 30.4 Å². The van der Waals surface area contributed by atoms with Crippen LogP contribution in [0.4, 0.5) is 0 Å². The van der Waals surface area contributed by atoms with Crippen molar-refractivity contribution in [3.8, 4) is 11.5 Å². The lowest BCUT2D eigenvalue weighted by Gasteiger charge is -2.26. The van der Waals surface area contributed by atoms with Crippen molar-refractivity contribution < 1.29 is 19.0 Å². The van der Waals surface area contributed by atoms with Crippen molar-refractivity contribution in [2.45, 2.75) is 25.6 Å². The zero-order valence-corrected chi connectivity index (χ0v) is 15.6. The number of hydrogen-bond acceptors (Lipinski definition) is 8. The van der Waals surface area contributed by atoms with E-state index in [1.165, 1.54) is 0 Å². The number of nitrogens with zero attached hydrogens (tertiary/aromatic N) is 5. The van der Waals surface area contributed by atoms with Gasteiger partial charge in [-0.05, 0) is 22.6 Å². The summed E-state index contributed by atoms with van der Waals surface area (Å²) < 4.78 is 18.5. The molecule has 2 aliphatic rings. The van der Waals surface area contributed by atoms with Crippen LogP contribution in [-0.2, 0) is 22.6 Å². The van der Waals surface area contributed by atoms with Gasteiger partial charge >= 0.3 is 0 Å². The minimum absolute atomic E-state index is 0.0832. The van der Waals surface area contributed by atoms with E-state index >= 15 is 0 Å². The third kappa shape index (κ3) is 4.76. The number of carbonyl (C=O) groups excluding carboxylic acids is 1. The Bertz CT molecular complexity index is 792. The van der Waals surface area contributed by atoms with Crippen molar-refractivity contribution in [2.75, 3.05) is 39.5 Å². The van der Waals surface area contributed by atoms with E-state index < -0.39 is 0 Å². The molecular formula is C18H24N6O4. The van der Waals surface area contributed by atoms with Gasteiger partial charge in [0, 0.05) is 26.1 Å². The first-order valence-corrected chi connectivity index (χ1v) is 9.48. The highest BCUT2D eigenvalue weighted by Gasteiger charge is 2.21. The standard InChI is InChI=1S/C18H24N6O4/c25-18(12-24-17(20-21-22-24)11-23-7-9-26-10-8-23)19-6-5-14-13-27-15-3-1-2-4-16(15)28-14/h1-4,14H,5-13H2,(H,19,25)/t14-/m0/s1. The molecule has 150 valence electrons. The van der Waals surface area contributed by atoms with E-state index in [1.54, 1.807) is 4.68 Å². The Morgan fingerprint density at radius 3 is 2.89 bits per heavy atom. The van der Waals surface area contributed by atoms with Crippen LogP contribution in [0.15, 0.2) is 24.3 Å². The molecule has 0 spiro atoms. The van der Waals surface area contributed by atoms with Crippen LogP contribution in [0.2, 0.25) is 0 Å². The van der Waals surface area contributed by atoms with Crippen LogP contribution in [0.1, 0.15) is 12.2 Å². The average molecular weight is 388 g/mol. The smallest absolute Gasteiger partial charge is 0.241 e. The molecule has 10 heteroatoms. The zero-order chi connectivity index (χ0) is 19.2. The van der Waals surface area contributed by atoms with Gasteiger partial charge < -0.3 is 19.5 Å². The maximum atomic E-state index is 12.3. The van der Waals surface area contributed by atoms with E-state index in [1.807, 2.05) is 24.3 Å². The minimum atomic E-state index is -0.132. The van der Waals surface area contributed by atoms with Crippen molar-refractivity contribution in [3.05, 3.63) is 30.1 Å². The topological polar surface area (TPSA) is 104 Å². The highest BCUT2D eigenvalue weighted by Crippen LogP contribution is 2.31. The van der Waals surface area contributed by atoms with Gasteiger partial charge in [-0.3, -0.25) is 9.69 Å². The highest BCUT2D eigenvalue weighted by atomic mass is 16.6. The molecular weight excluding hydrogens is 364 g/mol. The fourth-order valence-electron chi connectivity index (χ4n) is 3.19. The second kappa shape index (κ2) is 8.98. The molecule has 2 aliphatic heterocycles. The molecule has 1 aromatic heterocycles. The quantitative estimate of drug-likeness (QED) is 0.699. The number of benzene rings is 1. The fraction of sp³-hybridized carbons (Fsp3) is 0.556. The number of ether oxygens (including phenoxy) is 3. The van der Waals surface area contributed by atoms with Gasteiger partial charge in [0.15, 0.2) is 17.3 Å². The Morgan fingerprint density at radius 1 is 1.21 bits per heavy atom. The molecule has 0 radical (unpaired) electrons. The van der Waals surface area contributed by atoms with Crippen LogP contribution in [-0.4, -0.2) is 76.6 Å². The second-order valence-electron chi connectivity index (χ2n) is 6.78. The normalized spacial score (nSPS) is 19.4. The van der Waals surface area contributed by atoms with Gasteiger partial charge in [-0.2, -0.15) is 0 Å². The zero-order valence-electron chi connectivity index (χ0n) is 15.6. The van der Waals surface area contributed by atoms with Crippen molar-refractivity contribution >= 4 is 5.91 Å². The molecule has 0 bridgehead atoms. The Kier molecular flexibility index (Phi) is 5.98. The number of carbonyl (C=O) groups is 1. The van der Waals surface area contributed by atoms with Crippen molar-refractivity contribution in [3.63, 3.8) is 0 Å². The molecule has 3 heterocycles. The number of hydrogen-bond donors (Lipinski definition) is 1. The van der Waals surface area contributed by atoms with Gasteiger partial charge in [0.05, 0.1) is 19.8 Å². The lowest BCUT2D eigenvalue weighted by molar-refractivity contribution is -0.122. The summed E-state index contributed by atoms with van der Waals surface area (Å²) in [6.07, 6.45) is 0.580. The van der Waals surface area contributed by atoms with E-state index in [-0.39, 0.29) is 18.6 Å². The summed E-state index contributed by atoms with van der Waals surface area (Å²) in [5.41, 5.74) is 0. The Morgan fingerprint density at radius 2 is 2.04 bits per heavy atom. The lowest BCUT2D eigenvalue weighted by atomic mass is 10.2. The fourth-order valence-corrected chi connectivity index (χ4v) is 3.19. The van der Waals surface area contributed by atoms with Gasteiger partial charge in [0.1, 0.15) is 19.3 Å². The van der Waals surface area contributed by atoms with Gasteiger partial charge in [-0.1, -0.05) is 12.1 Å². The third-order valence-electron chi connectivity index (χ3n) is 4.72. The van der Waals surface area contributed by atoms with Gasteiger partial charge in [-0.15, -0.1) is 5.10 Å². The Labute approximate surface area is 162 Å². The molecule has 1 aromatic carbocycles. The molecule has 1 amide bonds. The molecule has 0 unspecified atom stereocenters. The van der Waals surface area contributed by atoms with Gasteiger partial charge in [0.25, 0.3) is 0 Å². The molecule has 28 heavy (non-hydrogen) atoms. The summed E-state index contributed by atoms with van der Waals surface area (Å²) in [6, 6.07) is 7.59. The monoisotopic (exact) mass is 388 g/mol. The molecule has 0 saturated carbocycles. The second-order valence-corrected chi connectivity index (χ2v) is 6.78. The summed E-state index contributed by atoms with van der Waals surface area (Å²) in [5, 5.41) is 14.6. The molecule has 1 N–H and O–H groups in total. The van der Waals surface area contributed by atoms with Crippen LogP contribution in [0.5, 0.6) is 11.5 Å². The third-order valence-corrected chi connectivity index (χ3v) is 4.72. The number of aromatic nitrogens is 4. The van der Waals surface area contributed by atoms with Crippen LogP contribution in [0.25, 0.3) is 0 Å². The van der Waals surface area contributed by atoms with E-state index in [4.69, 9.17) is 14.2 Å². The molecule has 10 nitrogen and oxygen atoms in total. The minimum Gasteiger partial charge on any atom is -0.486 e.